The van der Waals surface area contributed by atoms with E-state index in [0.717, 1.165) is 38.4 Å². The van der Waals surface area contributed by atoms with Crippen LogP contribution in [0.5, 0.6) is 0 Å². The molecule has 4 N–H and O–H groups in total. The highest BCUT2D eigenvalue weighted by Gasteiger charge is 2.22. The third-order valence-electron chi connectivity index (χ3n) is 5.94. The molecule has 1 aliphatic rings. The number of rotatable bonds is 7. The van der Waals surface area contributed by atoms with E-state index in [-0.39, 0.29) is 17.3 Å². The van der Waals surface area contributed by atoms with E-state index in [0.29, 0.717) is 17.1 Å². The maximum Gasteiger partial charge on any atom is 0.276 e. The Balaban J connectivity index is 1.44. The van der Waals surface area contributed by atoms with Crippen molar-refractivity contribution >= 4 is 17.1 Å². The van der Waals surface area contributed by atoms with Crippen molar-refractivity contribution in [3.05, 3.63) is 95.9 Å². The summed E-state index contributed by atoms with van der Waals surface area (Å²) in [4.78, 5) is 10.9. The second kappa shape index (κ2) is 10.6. The van der Waals surface area contributed by atoms with Gasteiger partial charge in [0.05, 0.1) is 24.6 Å². The maximum atomic E-state index is 14.5. The number of nitrogens with zero attached hydrogens (tertiary/aromatic N) is 5. The molecule has 4 aromatic rings. The number of hydrogen-bond acceptors (Lipinski definition) is 9. The Morgan fingerprint density at radius 2 is 1.72 bits per heavy atom. The largest absolute Gasteiger partial charge is 0.392 e. The molecular weight excluding hydrogens is 461 g/mol. The lowest BCUT2D eigenvalue weighted by Gasteiger charge is -2.26. The predicted molar refractivity (Wildman–Crippen MR) is 134 cm³/mol. The van der Waals surface area contributed by atoms with Gasteiger partial charge in [-0.15, -0.1) is 0 Å². The van der Waals surface area contributed by atoms with Gasteiger partial charge in [0.25, 0.3) is 5.89 Å². The fraction of sp³-hybridized carbons (Fsp3) is 0.192. The molecule has 1 fully saturated rings. The molecule has 0 aliphatic carbocycles. The molecule has 36 heavy (non-hydrogen) atoms. The number of anilines is 1. The number of aromatic nitrogens is 3. The van der Waals surface area contributed by atoms with Gasteiger partial charge >= 0.3 is 0 Å². The second-order valence-electron chi connectivity index (χ2n) is 8.33. The van der Waals surface area contributed by atoms with E-state index in [1.165, 1.54) is 16.6 Å². The average molecular weight is 488 g/mol. The van der Waals surface area contributed by atoms with Crippen molar-refractivity contribution in [2.24, 2.45) is 11.6 Å². The molecule has 0 bridgehead atoms. The van der Waals surface area contributed by atoms with E-state index in [4.69, 9.17) is 20.8 Å². The van der Waals surface area contributed by atoms with E-state index in [9.17, 15) is 4.39 Å². The predicted octanol–water partition coefficient (Wildman–Crippen LogP) is 3.27. The highest BCUT2D eigenvalue weighted by atomic mass is 19.1. The zero-order chi connectivity index (χ0) is 24.9. The van der Waals surface area contributed by atoms with Crippen molar-refractivity contribution in [3.63, 3.8) is 0 Å². The van der Waals surface area contributed by atoms with Crippen molar-refractivity contribution in [2.45, 2.75) is 6.54 Å². The number of hydrogen-bond donors (Lipinski definition) is 2. The molecule has 0 saturated carbocycles. The van der Waals surface area contributed by atoms with Gasteiger partial charge < -0.3 is 15.0 Å². The Labute approximate surface area is 207 Å². The lowest BCUT2D eigenvalue weighted by molar-refractivity contribution is 0.0342. The summed E-state index contributed by atoms with van der Waals surface area (Å²) in [5.74, 6) is 6.31. The van der Waals surface area contributed by atoms with Crippen LogP contribution in [0.25, 0.3) is 22.8 Å². The van der Waals surface area contributed by atoms with Crippen LogP contribution in [0.4, 0.5) is 10.1 Å². The zero-order valence-corrected chi connectivity index (χ0v) is 19.5. The lowest BCUT2D eigenvalue weighted by atomic mass is 10.1. The molecule has 5 rings (SSSR count). The summed E-state index contributed by atoms with van der Waals surface area (Å²) < 4.78 is 25.4. The smallest absolute Gasteiger partial charge is 0.276 e. The van der Waals surface area contributed by atoms with E-state index in [1.807, 2.05) is 24.3 Å². The minimum Gasteiger partial charge on any atom is -0.392 e. The standard InChI is InChI=1S/C26H26FN7O2/c27-21-3-1-2-4-22(21)34(29)24(19-9-11-30-12-10-19)23(28)26-31-25(32-36-26)20-7-5-18(6-8-20)17-33-13-15-35-16-14-33/h1-12H,13-17,28-29H2/b24-23-. The molecule has 9 nitrogen and oxygen atoms in total. The molecule has 1 aliphatic heterocycles. The SMILES string of the molecule is N/C(=C(/c1ccncc1)N(N)c1ccccc1F)c1nc(-c2ccc(CN3CCOCC3)cc2)no1. The second-order valence-corrected chi connectivity index (χ2v) is 8.33. The third-order valence-corrected chi connectivity index (χ3v) is 5.94. The average Bonchev–Trinajstić information content (AvgIpc) is 3.41. The molecule has 2 aromatic heterocycles. The topological polar surface area (TPSA) is 120 Å². The first-order valence-electron chi connectivity index (χ1n) is 11.5. The van der Waals surface area contributed by atoms with Crippen molar-refractivity contribution in [1.29, 1.82) is 0 Å². The van der Waals surface area contributed by atoms with Gasteiger partial charge in [-0.2, -0.15) is 4.98 Å². The number of morpholine rings is 1. The lowest BCUT2D eigenvalue weighted by Crippen LogP contribution is -2.35. The van der Waals surface area contributed by atoms with Gasteiger partial charge in [0.2, 0.25) is 5.82 Å². The molecule has 0 radical (unpaired) electrons. The number of benzene rings is 2. The van der Waals surface area contributed by atoms with Crippen LogP contribution in [0.3, 0.4) is 0 Å². The zero-order valence-electron chi connectivity index (χ0n) is 19.5. The first kappa shape index (κ1) is 23.6. The van der Waals surface area contributed by atoms with Crippen LogP contribution in [0.2, 0.25) is 0 Å². The minimum atomic E-state index is -0.497. The van der Waals surface area contributed by atoms with Crippen LogP contribution in [0, 0.1) is 5.82 Å². The van der Waals surface area contributed by atoms with Gasteiger partial charge in [-0.1, -0.05) is 41.6 Å². The number of nitrogens with two attached hydrogens (primary N) is 2. The highest BCUT2D eigenvalue weighted by Crippen LogP contribution is 2.30. The van der Waals surface area contributed by atoms with Gasteiger partial charge in [-0.3, -0.25) is 14.9 Å². The van der Waals surface area contributed by atoms with Gasteiger partial charge in [0, 0.05) is 43.2 Å². The van der Waals surface area contributed by atoms with Gasteiger partial charge in [-0.25, -0.2) is 10.2 Å². The van der Waals surface area contributed by atoms with Crippen molar-refractivity contribution in [1.82, 2.24) is 20.0 Å². The van der Waals surface area contributed by atoms with Gasteiger partial charge in [-0.05, 0) is 29.8 Å². The normalized spacial score (nSPS) is 14.9. The molecule has 10 heteroatoms. The number of halogens is 1. The first-order chi connectivity index (χ1) is 17.6. The maximum absolute atomic E-state index is 14.5. The van der Waals surface area contributed by atoms with Gasteiger partial charge in [0.15, 0.2) is 0 Å². The van der Waals surface area contributed by atoms with Crippen LogP contribution in [-0.2, 0) is 11.3 Å². The van der Waals surface area contributed by atoms with E-state index < -0.39 is 5.82 Å². The number of pyridine rings is 1. The van der Waals surface area contributed by atoms with Crippen LogP contribution in [0.15, 0.2) is 77.6 Å². The summed E-state index contributed by atoms with van der Waals surface area (Å²) in [6.07, 6.45) is 3.19. The molecular formula is C26H26FN7O2. The number of para-hydroxylation sites is 1. The van der Waals surface area contributed by atoms with Crippen molar-refractivity contribution in [3.8, 4) is 11.4 Å². The van der Waals surface area contributed by atoms with Crippen LogP contribution < -0.4 is 16.6 Å². The van der Waals surface area contributed by atoms with E-state index >= 15 is 0 Å². The Morgan fingerprint density at radius 1 is 1.00 bits per heavy atom. The first-order valence-corrected chi connectivity index (χ1v) is 11.5. The molecule has 0 atom stereocenters. The van der Waals surface area contributed by atoms with Crippen molar-refractivity contribution < 1.29 is 13.7 Å². The molecule has 2 aromatic carbocycles. The molecule has 184 valence electrons. The van der Waals surface area contributed by atoms with Crippen LogP contribution in [-0.4, -0.2) is 46.3 Å². The summed E-state index contributed by atoms with van der Waals surface area (Å²) in [5, 5.41) is 5.28. The van der Waals surface area contributed by atoms with Crippen LogP contribution >= 0.6 is 0 Å². The molecule has 0 unspecified atom stereocenters. The molecule has 0 amide bonds. The highest BCUT2D eigenvalue weighted by molar-refractivity contribution is 5.93. The van der Waals surface area contributed by atoms with Gasteiger partial charge in [0.1, 0.15) is 11.5 Å². The number of ether oxygens (including phenoxy) is 1. The number of hydrazine groups is 1. The fourth-order valence-corrected chi connectivity index (χ4v) is 4.03. The summed E-state index contributed by atoms with van der Waals surface area (Å²) in [6.45, 7) is 4.22. The Kier molecular flexibility index (Phi) is 6.99. The third kappa shape index (κ3) is 5.10. The Hall–Kier alpha value is -4.12. The summed E-state index contributed by atoms with van der Waals surface area (Å²) >= 11 is 0. The molecule has 1 saturated heterocycles. The quantitative estimate of drug-likeness (QED) is 0.299. The van der Waals surface area contributed by atoms with E-state index in [1.54, 1.807) is 42.7 Å². The molecule has 0 spiro atoms. The Morgan fingerprint density at radius 3 is 2.44 bits per heavy atom. The summed E-state index contributed by atoms with van der Waals surface area (Å²) in [5.41, 5.74) is 9.62. The van der Waals surface area contributed by atoms with E-state index in [2.05, 4.69) is 20.0 Å². The van der Waals surface area contributed by atoms with Crippen LogP contribution in [0.1, 0.15) is 17.0 Å². The molecule has 3 heterocycles. The fourth-order valence-electron chi connectivity index (χ4n) is 4.03. The monoisotopic (exact) mass is 487 g/mol. The summed E-state index contributed by atoms with van der Waals surface area (Å²) in [6, 6.07) is 17.6. The van der Waals surface area contributed by atoms with Crippen molar-refractivity contribution in [2.75, 3.05) is 31.3 Å². The minimum absolute atomic E-state index is 0.0704. The Bertz CT molecular complexity index is 1340. The summed E-state index contributed by atoms with van der Waals surface area (Å²) in [7, 11) is 0.